The summed E-state index contributed by atoms with van der Waals surface area (Å²) in [5.41, 5.74) is 2.95. The highest BCUT2D eigenvalue weighted by Crippen LogP contribution is 2.44. The fraction of sp³-hybridized carbons (Fsp3) is 0.692. The van der Waals surface area contributed by atoms with E-state index in [0.717, 1.165) is 23.7 Å². The number of hydrogen-bond donors (Lipinski definition) is 0. The molecule has 0 saturated heterocycles. The molecule has 0 aliphatic heterocycles. The molecule has 0 heterocycles. The van der Waals surface area contributed by atoms with Gasteiger partial charge in [-0.2, -0.15) is 0 Å². The first kappa shape index (κ1) is 19.7. The quantitative estimate of drug-likeness (QED) is 0.462. The number of allylic oxidation sites excluding steroid dienone is 1. The fourth-order valence-electron chi connectivity index (χ4n) is 5.55. The van der Waals surface area contributed by atoms with E-state index in [-0.39, 0.29) is 0 Å². The first-order chi connectivity index (χ1) is 12.8. The smallest absolute Gasteiger partial charge is 0.0162 e. The minimum absolute atomic E-state index is 0.816. The molecule has 144 valence electrons. The zero-order chi connectivity index (χ0) is 18.2. The Morgan fingerprint density at radius 2 is 1.38 bits per heavy atom. The molecule has 2 saturated carbocycles. The van der Waals surface area contributed by atoms with Crippen LogP contribution in [0.25, 0.3) is 6.08 Å². The van der Waals surface area contributed by atoms with Crippen LogP contribution in [-0.2, 0) is 0 Å². The Balaban J connectivity index is 1.45. The van der Waals surface area contributed by atoms with Gasteiger partial charge in [0.15, 0.2) is 0 Å². The lowest BCUT2D eigenvalue weighted by Crippen LogP contribution is -2.25. The summed E-state index contributed by atoms with van der Waals surface area (Å²) in [6, 6.07) is 9.43. The monoisotopic (exact) mass is 352 g/mol. The first-order valence-electron chi connectivity index (χ1n) is 11.6. The van der Waals surface area contributed by atoms with E-state index in [1.165, 1.54) is 82.6 Å². The van der Waals surface area contributed by atoms with Crippen molar-refractivity contribution >= 4 is 6.08 Å². The Bertz CT molecular complexity index is 522. The van der Waals surface area contributed by atoms with Gasteiger partial charge < -0.3 is 0 Å². The van der Waals surface area contributed by atoms with Crippen molar-refractivity contribution in [1.29, 1.82) is 0 Å². The van der Waals surface area contributed by atoms with Crippen molar-refractivity contribution in [2.45, 2.75) is 96.8 Å². The molecule has 2 aliphatic carbocycles. The molecule has 0 aromatic heterocycles. The zero-order valence-electron chi connectivity index (χ0n) is 17.3. The molecular formula is C26H40. The average Bonchev–Trinajstić information content (AvgIpc) is 2.70. The van der Waals surface area contributed by atoms with Crippen LogP contribution in [0.4, 0.5) is 0 Å². The van der Waals surface area contributed by atoms with E-state index in [2.05, 4.69) is 50.3 Å². The molecule has 2 fully saturated rings. The maximum Gasteiger partial charge on any atom is -0.0162 e. The highest BCUT2D eigenvalue weighted by molar-refractivity contribution is 5.49. The molecule has 0 nitrogen and oxygen atoms in total. The maximum atomic E-state index is 2.40. The van der Waals surface area contributed by atoms with E-state index in [4.69, 9.17) is 0 Å². The van der Waals surface area contributed by atoms with Gasteiger partial charge >= 0.3 is 0 Å². The third kappa shape index (κ3) is 5.48. The van der Waals surface area contributed by atoms with Crippen LogP contribution < -0.4 is 0 Å². The van der Waals surface area contributed by atoms with E-state index in [1.54, 1.807) is 5.56 Å². The molecule has 0 bridgehead atoms. The summed E-state index contributed by atoms with van der Waals surface area (Å²) < 4.78 is 0. The van der Waals surface area contributed by atoms with Gasteiger partial charge in [-0.05, 0) is 79.7 Å². The molecule has 0 N–H and O–H groups in total. The Labute approximate surface area is 162 Å². The summed E-state index contributed by atoms with van der Waals surface area (Å²) in [5, 5.41) is 0. The van der Waals surface area contributed by atoms with Gasteiger partial charge in [0.2, 0.25) is 0 Å². The van der Waals surface area contributed by atoms with E-state index in [9.17, 15) is 0 Å². The summed E-state index contributed by atoms with van der Waals surface area (Å²) in [6.07, 6.45) is 21.7. The number of benzene rings is 1. The Morgan fingerprint density at radius 3 is 1.96 bits per heavy atom. The van der Waals surface area contributed by atoms with E-state index >= 15 is 0 Å². The Hall–Kier alpha value is -1.04. The van der Waals surface area contributed by atoms with Crippen molar-refractivity contribution in [3.05, 3.63) is 41.5 Å². The second-order valence-corrected chi connectivity index (χ2v) is 9.04. The molecule has 2 aliphatic rings. The normalized spacial score (nSPS) is 29.9. The Morgan fingerprint density at radius 1 is 0.769 bits per heavy atom. The van der Waals surface area contributed by atoms with Gasteiger partial charge in [-0.25, -0.2) is 0 Å². The lowest BCUT2D eigenvalue weighted by atomic mass is 9.68. The van der Waals surface area contributed by atoms with E-state index in [1.807, 2.05) is 0 Å². The van der Waals surface area contributed by atoms with Crippen LogP contribution in [0.1, 0.15) is 108 Å². The second-order valence-electron chi connectivity index (χ2n) is 9.04. The minimum atomic E-state index is 0.816. The SMILES string of the molecule is CCCC=Cc1ccc(C2CCC(C3CCC(CCC)CC3)CC2)cc1. The van der Waals surface area contributed by atoms with Crippen LogP contribution in [0, 0.1) is 17.8 Å². The van der Waals surface area contributed by atoms with E-state index < -0.39 is 0 Å². The maximum absolute atomic E-state index is 2.40. The fourth-order valence-corrected chi connectivity index (χ4v) is 5.55. The predicted molar refractivity (Wildman–Crippen MR) is 115 cm³/mol. The number of rotatable bonds is 7. The summed E-state index contributed by atoms with van der Waals surface area (Å²) in [6.45, 7) is 4.59. The average molecular weight is 353 g/mol. The summed E-state index contributed by atoms with van der Waals surface area (Å²) in [5.74, 6) is 3.95. The first-order valence-corrected chi connectivity index (χ1v) is 11.6. The molecule has 0 unspecified atom stereocenters. The van der Waals surface area contributed by atoms with Crippen LogP contribution in [0.15, 0.2) is 30.3 Å². The van der Waals surface area contributed by atoms with Gasteiger partial charge in [0.1, 0.15) is 0 Å². The molecule has 3 rings (SSSR count). The molecule has 26 heavy (non-hydrogen) atoms. The van der Waals surface area contributed by atoms with Crippen molar-refractivity contribution in [3.63, 3.8) is 0 Å². The predicted octanol–water partition coefficient (Wildman–Crippen LogP) is 8.38. The number of hydrogen-bond acceptors (Lipinski definition) is 0. The van der Waals surface area contributed by atoms with Crippen LogP contribution in [0.5, 0.6) is 0 Å². The second kappa shape index (κ2) is 10.3. The Kier molecular flexibility index (Phi) is 7.84. The van der Waals surface area contributed by atoms with Gasteiger partial charge in [0, 0.05) is 0 Å². The lowest BCUT2D eigenvalue weighted by molar-refractivity contribution is 0.156. The van der Waals surface area contributed by atoms with Crippen molar-refractivity contribution in [2.75, 3.05) is 0 Å². The molecular weight excluding hydrogens is 312 g/mol. The van der Waals surface area contributed by atoms with Crippen molar-refractivity contribution in [2.24, 2.45) is 17.8 Å². The molecule has 0 heteroatoms. The molecule has 0 radical (unpaired) electrons. The van der Waals surface area contributed by atoms with Crippen LogP contribution in [0.2, 0.25) is 0 Å². The third-order valence-corrected chi connectivity index (χ3v) is 7.20. The van der Waals surface area contributed by atoms with Crippen LogP contribution in [0.3, 0.4) is 0 Å². The summed E-state index contributed by atoms with van der Waals surface area (Å²) in [7, 11) is 0. The van der Waals surface area contributed by atoms with Gasteiger partial charge in [-0.3, -0.25) is 0 Å². The van der Waals surface area contributed by atoms with Crippen LogP contribution >= 0.6 is 0 Å². The largest absolute Gasteiger partial charge is 0.0840 e. The molecule has 0 spiro atoms. The summed E-state index contributed by atoms with van der Waals surface area (Å²) >= 11 is 0. The molecule has 0 atom stereocenters. The van der Waals surface area contributed by atoms with Crippen molar-refractivity contribution in [1.82, 2.24) is 0 Å². The highest BCUT2D eigenvalue weighted by Gasteiger charge is 2.30. The van der Waals surface area contributed by atoms with Gasteiger partial charge in [0.05, 0.1) is 0 Å². The third-order valence-electron chi connectivity index (χ3n) is 7.20. The number of unbranched alkanes of at least 4 members (excludes halogenated alkanes) is 1. The van der Waals surface area contributed by atoms with Gasteiger partial charge in [-0.1, -0.05) is 82.4 Å². The van der Waals surface area contributed by atoms with Crippen molar-refractivity contribution in [3.8, 4) is 0 Å². The minimum Gasteiger partial charge on any atom is -0.0840 e. The van der Waals surface area contributed by atoms with Gasteiger partial charge in [0.25, 0.3) is 0 Å². The van der Waals surface area contributed by atoms with Gasteiger partial charge in [-0.15, -0.1) is 0 Å². The standard InChI is InChI=1S/C26H40/c1-3-5-6-8-22-11-15-24(16-12-22)26-19-17-25(18-20-26)23-13-9-21(7-4-2)10-14-23/h6,8,11-12,15-16,21,23,25-26H,3-5,7,9-10,13-14,17-20H2,1-2H3. The van der Waals surface area contributed by atoms with Crippen LogP contribution in [-0.4, -0.2) is 0 Å². The lowest BCUT2D eigenvalue weighted by Gasteiger charge is -2.38. The summed E-state index contributed by atoms with van der Waals surface area (Å²) in [4.78, 5) is 0. The molecule has 0 amide bonds. The zero-order valence-corrected chi connectivity index (χ0v) is 17.3. The topological polar surface area (TPSA) is 0 Å². The van der Waals surface area contributed by atoms with Crippen molar-refractivity contribution < 1.29 is 0 Å². The highest BCUT2D eigenvalue weighted by atomic mass is 14.4. The molecule has 1 aromatic carbocycles. The van der Waals surface area contributed by atoms with E-state index in [0.29, 0.717) is 0 Å². The molecule has 1 aromatic rings.